The predicted octanol–water partition coefficient (Wildman–Crippen LogP) is 4.46. The molecule has 1 unspecified atom stereocenters. The van der Waals surface area contributed by atoms with Gasteiger partial charge in [-0.2, -0.15) is 0 Å². The van der Waals surface area contributed by atoms with E-state index in [1.807, 2.05) is 0 Å². The van der Waals surface area contributed by atoms with E-state index >= 15 is 0 Å². The molecule has 1 aliphatic rings. The van der Waals surface area contributed by atoms with Gasteiger partial charge >= 0.3 is 0 Å². The van der Waals surface area contributed by atoms with Gasteiger partial charge in [0.2, 0.25) is 11.8 Å². The molecule has 24 heavy (non-hydrogen) atoms. The third kappa shape index (κ3) is 8.16. The van der Waals surface area contributed by atoms with Crippen molar-refractivity contribution in [3.63, 3.8) is 0 Å². The molecule has 1 rings (SSSR count). The van der Waals surface area contributed by atoms with E-state index in [2.05, 4.69) is 12.2 Å². The number of nitrogens with two attached hydrogens (primary N) is 1. The standard InChI is InChI=1S/C20H38N2O2/c1-2-3-4-5-6-7-8-9-10-11-14-20(17-18(21)23)15-12-13-16-22-19(20)24/h2-17H2,1H3,(H2,21,23)(H,22,24). The van der Waals surface area contributed by atoms with Crippen LogP contribution in [-0.4, -0.2) is 18.4 Å². The molecule has 0 aromatic carbocycles. The zero-order valence-corrected chi connectivity index (χ0v) is 15.7. The predicted molar refractivity (Wildman–Crippen MR) is 99.6 cm³/mol. The second-order valence-electron chi connectivity index (χ2n) is 7.57. The number of amides is 2. The minimum absolute atomic E-state index is 0.0507. The first kappa shape index (κ1) is 21.0. The summed E-state index contributed by atoms with van der Waals surface area (Å²) in [5, 5.41) is 2.98. The van der Waals surface area contributed by atoms with Crippen LogP contribution in [0.2, 0.25) is 0 Å². The SMILES string of the molecule is CCCCCCCCCCCCC1(CC(N)=O)CCCCNC1=O. The Balaban J connectivity index is 2.23. The molecule has 3 N–H and O–H groups in total. The van der Waals surface area contributed by atoms with Crippen LogP contribution in [-0.2, 0) is 9.59 Å². The maximum atomic E-state index is 12.4. The summed E-state index contributed by atoms with van der Waals surface area (Å²) in [5.74, 6) is -0.297. The van der Waals surface area contributed by atoms with E-state index in [1.165, 1.54) is 51.4 Å². The summed E-state index contributed by atoms with van der Waals surface area (Å²) in [6.07, 6.45) is 16.6. The Kier molecular flexibility index (Phi) is 10.8. The van der Waals surface area contributed by atoms with Gasteiger partial charge in [-0.15, -0.1) is 0 Å². The lowest BCUT2D eigenvalue weighted by Crippen LogP contribution is -2.42. The van der Waals surface area contributed by atoms with E-state index in [-0.39, 0.29) is 18.2 Å². The van der Waals surface area contributed by atoms with Gasteiger partial charge in [-0.05, 0) is 19.3 Å². The Morgan fingerprint density at radius 3 is 2.17 bits per heavy atom. The van der Waals surface area contributed by atoms with Crippen LogP contribution in [0.5, 0.6) is 0 Å². The third-order valence-corrected chi connectivity index (χ3v) is 5.37. The van der Waals surface area contributed by atoms with E-state index in [9.17, 15) is 9.59 Å². The van der Waals surface area contributed by atoms with Gasteiger partial charge in [0.15, 0.2) is 0 Å². The molecule has 2 amide bonds. The van der Waals surface area contributed by atoms with Crippen molar-refractivity contribution >= 4 is 11.8 Å². The van der Waals surface area contributed by atoms with Gasteiger partial charge in [0.25, 0.3) is 0 Å². The van der Waals surface area contributed by atoms with Crippen LogP contribution in [0.25, 0.3) is 0 Å². The first-order chi connectivity index (χ1) is 11.6. The number of hydrogen-bond acceptors (Lipinski definition) is 2. The maximum absolute atomic E-state index is 12.4. The molecule has 140 valence electrons. The van der Waals surface area contributed by atoms with Crippen LogP contribution in [0.4, 0.5) is 0 Å². The van der Waals surface area contributed by atoms with E-state index in [1.54, 1.807) is 0 Å². The van der Waals surface area contributed by atoms with E-state index in [0.29, 0.717) is 0 Å². The minimum Gasteiger partial charge on any atom is -0.370 e. The van der Waals surface area contributed by atoms with E-state index in [0.717, 1.165) is 45.1 Å². The quantitative estimate of drug-likeness (QED) is 0.487. The van der Waals surface area contributed by atoms with Crippen molar-refractivity contribution in [2.45, 2.75) is 103 Å². The van der Waals surface area contributed by atoms with Gasteiger partial charge < -0.3 is 11.1 Å². The van der Waals surface area contributed by atoms with Crippen LogP contribution < -0.4 is 11.1 Å². The first-order valence-corrected chi connectivity index (χ1v) is 10.2. The van der Waals surface area contributed by atoms with Crippen molar-refractivity contribution in [2.24, 2.45) is 11.1 Å². The maximum Gasteiger partial charge on any atom is 0.226 e. The highest BCUT2D eigenvalue weighted by atomic mass is 16.2. The first-order valence-electron chi connectivity index (χ1n) is 10.2. The molecule has 0 aliphatic carbocycles. The molecule has 1 saturated heterocycles. The summed E-state index contributed by atoms with van der Waals surface area (Å²) >= 11 is 0. The van der Waals surface area contributed by atoms with Crippen LogP contribution in [0.1, 0.15) is 103 Å². The monoisotopic (exact) mass is 338 g/mol. The fraction of sp³-hybridized carbons (Fsp3) is 0.900. The summed E-state index contributed by atoms with van der Waals surface area (Å²) in [4.78, 5) is 23.9. The molecule has 4 heteroatoms. The second-order valence-corrected chi connectivity index (χ2v) is 7.57. The molecule has 0 saturated carbocycles. The van der Waals surface area contributed by atoms with E-state index in [4.69, 9.17) is 5.73 Å². The number of nitrogens with one attached hydrogen (secondary N) is 1. The topological polar surface area (TPSA) is 72.2 Å². The Hall–Kier alpha value is -1.06. The number of hydrogen-bond donors (Lipinski definition) is 2. The van der Waals surface area contributed by atoms with Gasteiger partial charge in [-0.1, -0.05) is 77.6 Å². The number of unbranched alkanes of at least 4 members (excludes halogenated alkanes) is 9. The van der Waals surface area contributed by atoms with Crippen molar-refractivity contribution in [3.05, 3.63) is 0 Å². The summed E-state index contributed by atoms with van der Waals surface area (Å²) < 4.78 is 0. The molecule has 1 heterocycles. The van der Waals surface area contributed by atoms with Crippen molar-refractivity contribution in [3.8, 4) is 0 Å². The molecule has 0 spiro atoms. The lowest BCUT2D eigenvalue weighted by atomic mass is 9.75. The molecular weight excluding hydrogens is 300 g/mol. The minimum atomic E-state index is -0.539. The van der Waals surface area contributed by atoms with Gasteiger partial charge in [0.05, 0.1) is 5.41 Å². The number of carbonyl (C=O) groups excluding carboxylic acids is 2. The van der Waals surface area contributed by atoms with Crippen molar-refractivity contribution < 1.29 is 9.59 Å². The fourth-order valence-corrected chi connectivity index (χ4v) is 3.87. The smallest absolute Gasteiger partial charge is 0.226 e. The molecule has 0 aromatic rings. The van der Waals surface area contributed by atoms with Crippen molar-refractivity contribution in [2.75, 3.05) is 6.54 Å². The molecule has 1 atom stereocenters. The Morgan fingerprint density at radius 2 is 1.58 bits per heavy atom. The summed E-state index contributed by atoms with van der Waals surface area (Å²) in [5.41, 5.74) is 4.88. The Labute approximate surface area is 148 Å². The average molecular weight is 339 g/mol. The average Bonchev–Trinajstić information content (AvgIpc) is 2.71. The highest BCUT2D eigenvalue weighted by molar-refractivity contribution is 5.88. The molecule has 0 aromatic heterocycles. The Morgan fingerprint density at radius 1 is 1.00 bits per heavy atom. The lowest BCUT2D eigenvalue weighted by Gasteiger charge is -2.29. The van der Waals surface area contributed by atoms with Crippen molar-refractivity contribution in [1.82, 2.24) is 5.32 Å². The molecule has 0 bridgehead atoms. The molecular formula is C20H38N2O2. The van der Waals surface area contributed by atoms with Gasteiger partial charge in [0.1, 0.15) is 0 Å². The van der Waals surface area contributed by atoms with Crippen LogP contribution in [0, 0.1) is 5.41 Å². The lowest BCUT2D eigenvalue weighted by molar-refractivity contribution is -0.136. The number of rotatable bonds is 13. The number of primary amides is 1. The van der Waals surface area contributed by atoms with E-state index < -0.39 is 5.41 Å². The fourth-order valence-electron chi connectivity index (χ4n) is 3.87. The molecule has 0 radical (unpaired) electrons. The van der Waals surface area contributed by atoms with Crippen molar-refractivity contribution in [1.29, 1.82) is 0 Å². The molecule has 4 nitrogen and oxygen atoms in total. The van der Waals surface area contributed by atoms with Crippen LogP contribution in [0.3, 0.4) is 0 Å². The Bertz CT molecular complexity index is 371. The highest BCUT2D eigenvalue weighted by Gasteiger charge is 2.39. The highest BCUT2D eigenvalue weighted by Crippen LogP contribution is 2.36. The second kappa shape index (κ2) is 12.3. The van der Waals surface area contributed by atoms with Gasteiger partial charge in [-0.25, -0.2) is 0 Å². The van der Waals surface area contributed by atoms with Crippen LogP contribution >= 0.6 is 0 Å². The molecule has 1 aliphatic heterocycles. The summed E-state index contributed by atoms with van der Waals surface area (Å²) in [6, 6.07) is 0. The summed E-state index contributed by atoms with van der Waals surface area (Å²) in [7, 11) is 0. The normalized spacial score (nSPS) is 21.3. The van der Waals surface area contributed by atoms with Crippen LogP contribution in [0.15, 0.2) is 0 Å². The largest absolute Gasteiger partial charge is 0.370 e. The number of carbonyl (C=O) groups is 2. The molecule has 1 fully saturated rings. The zero-order valence-electron chi connectivity index (χ0n) is 15.7. The van der Waals surface area contributed by atoms with Gasteiger partial charge in [0, 0.05) is 13.0 Å². The zero-order chi connectivity index (χ0) is 17.7. The van der Waals surface area contributed by atoms with Gasteiger partial charge in [-0.3, -0.25) is 9.59 Å². The third-order valence-electron chi connectivity index (χ3n) is 5.37. The summed E-state index contributed by atoms with van der Waals surface area (Å²) in [6.45, 7) is 2.98.